The lowest BCUT2D eigenvalue weighted by atomic mass is 10.1. The molecule has 0 aromatic heterocycles. The van der Waals surface area contributed by atoms with E-state index in [9.17, 15) is 9.59 Å². The Balaban J connectivity index is 1.70. The van der Waals surface area contributed by atoms with Crippen LogP contribution >= 0.6 is 24.0 Å². The number of nitrogens with one attached hydrogen (secondary N) is 1. The molecule has 1 aliphatic heterocycles. The number of thiocarbonyl (C=S) groups is 1. The minimum Gasteiger partial charge on any atom is -0.325 e. The Bertz CT molecular complexity index is 863. The summed E-state index contributed by atoms with van der Waals surface area (Å²) in [5.41, 5.74) is 2.74. The number of anilines is 1. The zero-order valence-electron chi connectivity index (χ0n) is 13.6. The van der Waals surface area contributed by atoms with Crippen molar-refractivity contribution in [1.29, 1.82) is 0 Å². The zero-order chi connectivity index (χ0) is 17.8. The summed E-state index contributed by atoms with van der Waals surface area (Å²) in [5, 5.41) is 2.76. The molecule has 6 heteroatoms. The third-order valence-corrected chi connectivity index (χ3v) is 4.95. The number of para-hydroxylation sites is 1. The van der Waals surface area contributed by atoms with Gasteiger partial charge >= 0.3 is 0 Å². The highest BCUT2D eigenvalue weighted by Gasteiger charge is 2.33. The van der Waals surface area contributed by atoms with E-state index in [1.54, 1.807) is 18.2 Å². The van der Waals surface area contributed by atoms with Crippen molar-refractivity contribution in [3.8, 4) is 0 Å². The van der Waals surface area contributed by atoms with Crippen LogP contribution in [0.3, 0.4) is 0 Å². The lowest BCUT2D eigenvalue weighted by molar-refractivity contribution is -0.126. The van der Waals surface area contributed by atoms with Gasteiger partial charge in [-0.3, -0.25) is 14.5 Å². The summed E-state index contributed by atoms with van der Waals surface area (Å²) >= 11 is 6.49. The predicted octanol–water partition coefficient (Wildman–Crippen LogP) is 3.83. The molecule has 2 aromatic rings. The molecule has 0 saturated carbocycles. The van der Waals surface area contributed by atoms with Crippen molar-refractivity contribution < 1.29 is 9.59 Å². The highest BCUT2D eigenvalue weighted by Crippen LogP contribution is 2.32. The quantitative estimate of drug-likeness (QED) is 0.658. The molecular formula is C19H16N2O2S2. The fourth-order valence-corrected chi connectivity index (χ4v) is 3.67. The normalized spacial score (nSPS) is 15.7. The summed E-state index contributed by atoms with van der Waals surface area (Å²) in [6, 6.07) is 17.0. The Morgan fingerprint density at radius 3 is 2.68 bits per heavy atom. The number of benzene rings is 2. The second-order valence-electron chi connectivity index (χ2n) is 5.60. The molecule has 3 rings (SSSR count). The molecule has 0 aliphatic carbocycles. The van der Waals surface area contributed by atoms with Crippen LogP contribution in [0.1, 0.15) is 11.1 Å². The van der Waals surface area contributed by atoms with Crippen LogP contribution in [-0.4, -0.2) is 27.6 Å². The molecule has 0 radical (unpaired) electrons. The van der Waals surface area contributed by atoms with Crippen molar-refractivity contribution in [1.82, 2.24) is 4.90 Å². The van der Waals surface area contributed by atoms with E-state index in [1.165, 1.54) is 16.7 Å². The maximum atomic E-state index is 12.6. The maximum absolute atomic E-state index is 12.6. The fourth-order valence-electron chi connectivity index (χ4n) is 2.41. The minimum atomic E-state index is -0.278. The van der Waals surface area contributed by atoms with Crippen molar-refractivity contribution in [3.05, 3.63) is 70.6 Å². The monoisotopic (exact) mass is 368 g/mol. The first-order valence-electron chi connectivity index (χ1n) is 7.70. The molecule has 2 amide bonds. The van der Waals surface area contributed by atoms with Gasteiger partial charge in [-0.25, -0.2) is 0 Å². The highest BCUT2D eigenvalue weighted by molar-refractivity contribution is 8.26. The molecule has 2 aromatic carbocycles. The number of nitrogens with zero attached hydrogens (tertiary/aromatic N) is 1. The lowest BCUT2D eigenvalue weighted by Crippen LogP contribution is -2.36. The molecule has 0 atom stereocenters. The Kier molecular flexibility index (Phi) is 5.31. The van der Waals surface area contributed by atoms with Crippen LogP contribution in [0.15, 0.2) is 59.5 Å². The first-order valence-corrected chi connectivity index (χ1v) is 8.92. The fraction of sp³-hybridized carbons (Fsp3) is 0.105. The molecule has 0 bridgehead atoms. The number of carbonyl (C=O) groups excluding carboxylic acids is 2. The Morgan fingerprint density at radius 1 is 1.20 bits per heavy atom. The molecule has 1 saturated heterocycles. The Morgan fingerprint density at radius 2 is 1.96 bits per heavy atom. The van der Waals surface area contributed by atoms with Gasteiger partial charge in [0.25, 0.3) is 5.91 Å². The molecule has 25 heavy (non-hydrogen) atoms. The number of aryl methyl sites for hydroxylation is 1. The van der Waals surface area contributed by atoms with Crippen LogP contribution in [0.4, 0.5) is 5.69 Å². The predicted molar refractivity (Wildman–Crippen MR) is 106 cm³/mol. The molecule has 0 unspecified atom stereocenters. The summed E-state index contributed by atoms with van der Waals surface area (Å²) in [6.07, 6.45) is 1.81. The van der Waals surface area contributed by atoms with Gasteiger partial charge in [-0.15, -0.1) is 0 Å². The summed E-state index contributed by atoms with van der Waals surface area (Å²) in [4.78, 5) is 26.6. The SMILES string of the molecule is Cc1cccc(/C=C2\SC(=S)N(CC(=O)Nc3ccccc3)C2=O)c1. The number of carbonyl (C=O) groups is 2. The largest absolute Gasteiger partial charge is 0.325 e. The maximum Gasteiger partial charge on any atom is 0.266 e. The second-order valence-corrected chi connectivity index (χ2v) is 7.27. The highest BCUT2D eigenvalue weighted by atomic mass is 32.2. The van der Waals surface area contributed by atoms with Gasteiger partial charge in [0.1, 0.15) is 10.9 Å². The van der Waals surface area contributed by atoms with E-state index < -0.39 is 0 Å². The first-order chi connectivity index (χ1) is 12.0. The number of amides is 2. The van der Waals surface area contributed by atoms with E-state index in [1.807, 2.05) is 49.4 Å². The van der Waals surface area contributed by atoms with E-state index in [2.05, 4.69) is 5.32 Å². The number of rotatable bonds is 4. The number of hydrogen-bond acceptors (Lipinski definition) is 4. The van der Waals surface area contributed by atoms with Crippen LogP contribution in [0.5, 0.6) is 0 Å². The summed E-state index contributed by atoms with van der Waals surface area (Å²) < 4.78 is 0.395. The topological polar surface area (TPSA) is 49.4 Å². The van der Waals surface area contributed by atoms with Crippen molar-refractivity contribution >= 4 is 51.9 Å². The molecule has 1 aliphatic rings. The van der Waals surface area contributed by atoms with Gasteiger partial charge in [-0.05, 0) is 30.7 Å². The van der Waals surface area contributed by atoms with Crippen LogP contribution in [0.25, 0.3) is 6.08 Å². The van der Waals surface area contributed by atoms with Gasteiger partial charge in [0, 0.05) is 5.69 Å². The van der Waals surface area contributed by atoms with E-state index in [0.717, 1.165) is 11.1 Å². The second kappa shape index (κ2) is 7.63. The van der Waals surface area contributed by atoms with E-state index >= 15 is 0 Å². The van der Waals surface area contributed by atoms with Gasteiger partial charge < -0.3 is 5.32 Å². The average molecular weight is 368 g/mol. The van der Waals surface area contributed by atoms with E-state index in [4.69, 9.17) is 12.2 Å². The third kappa shape index (κ3) is 4.35. The summed E-state index contributed by atoms with van der Waals surface area (Å²) in [6.45, 7) is 1.90. The third-order valence-electron chi connectivity index (χ3n) is 3.57. The van der Waals surface area contributed by atoms with Crippen LogP contribution in [0.2, 0.25) is 0 Å². The Labute approximate surface area is 155 Å². The first kappa shape index (κ1) is 17.4. The van der Waals surface area contributed by atoms with Gasteiger partial charge in [0.15, 0.2) is 0 Å². The molecular weight excluding hydrogens is 352 g/mol. The molecule has 4 nitrogen and oxygen atoms in total. The minimum absolute atomic E-state index is 0.0925. The van der Waals surface area contributed by atoms with Crippen molar-refractivity contribution in [2.75, 3.05) is 11.9 Å². The number of hydrogen-bond donors (Lipinski definition) is 1. The summed E-state index contributed by atoms with van der Waals surface area (Å²) in [5.74, 6) is -0.515. The van der Waals surface area contributed by atoms with Gasteiger partial charge in [0.05, 0.1) is 4.91 Å². The van der Waals surface area contributed by atoms with Gasteiger partial charge in [-0.2, -0.15) is 0 Å². The van der Waals surface area contributed by atoms with Crippen LogP contribution < -0.4 is 5.32 Å². The van der Waals surface area contributed by atoms with Crippen LogP contribution in [-0.2, 0) is 9.59 Å². The standard InChI is InChI=1S/C19H16N2O2S2/c1-13-6-5-7-14(10-13)11-16-18(23)21(19(24)25-16)12-17(22)20-15-8-3-2-4-9-15/h2-11H,12H2,1H3,(H,20,22)/b16-11-. The molecule has 1 N–H and O–H groups in total. The van der Waals surface area contributed by atoms with Gasteiger partial charge in [0.2, 0.25) is 5.91 Å². The van der Waals surface area contributed by atoms with Gasteiger partial charge in [-0.1, -0.05) is 72.0 Å². The van der Waals surface area contributed by atoms with E-state index in [0.29, 0.717) is 14.9 Å². The van der Waals surface area contributed by atoms with Crippen LogP contribution in [0, 0.1) is 6.92 Å². The van der Waals surface area contributed by atoms with Crippen molar-refractivity contribution in [2.45, 2.75) is 6.92 Å². The smallest absolute Gasteiger partial charge is 0.266 e. The molecule has 1 fully saturated rings. The van der Waals surface area contributed by atoms with Crippen molar-refractivity contribution in [2.24, 2.45) is 0 Å². The molecule has 1 heterocycles. The Hall–Kier alpha value is -2.44. The summed E-state index contributed by atoms with van der Waals surface area (Å²) in [7, 11) is 0. The number of thioether (sulfide) groups is 1. The van der Waals surface area contributed by atoms with Crippen molar-refractivity contribution in [3.63, 3.8) is 0 Å². The molecule has 0 spiro atoms. The lowest BCUT2D eigenvalue weighted by Gasteiger charge is -2.14. The molecule has 126 valence electrons. The van der Waals surface area contributed by atoms with E-state index in [-0.39, 0.29) is 18.4 Å². The average Bonchev–Trinajstić information content (AvgIpc) is 2.83. The zero-order valence-corrected chi connectivity index (χ0v) is 15.2.